The Hall–Kier alpha value is -1.26. The van der Waals surface area contributed by atoms with Crippen molar-refractivity contribution < 1.29 is 28.7 Å². The lowest BCUT2D eigenvalue weighted by Crippen LogP contribution is -2.48. The lowest BCUT2D eigenvalue weighted by atomic mass is 9.79. The van der Waals surface area contributed by atoms with Gasteiger partial charge in [0.1, 0.15) is 5.60 Å². The fourth-order valence-electron chi connectivity index (χ4n) is 3.77. The number of carbonyl (C=O) groups is 1. The molecule has 2 aliphatic rings. The van der Waals surface area contributed by atoms with Crippen molar-refractivity contribution in [3.63, 3.8) is 0 Å². The highest BCUT2D eigenvalue weighted by molar-refractivity contribution is 8.00. The van der Waals surface area contributed by atoms with Crippen LogP contribution in [-0.2, 0) is 18.9 Å². The molecule has 1 aromatic rings. The second kappa shape index (κ2) is 10.2. The van der Waals surface area contributed by atoms with E-state index in [1.807, 2.05) is 39.0 Å². The van der Waals surface area contributed by atoms with Gasteiger partial charge in [0.25, 0.3) is 0 Å². The highest BCUT2D eigenvalue weighted by Gasteiger charge is 2.42. The van der Waals surface area contributed by atoms with Crippen LogP contribution < -0.4 is 10.8 Å². The van der Waals surface area contributed by atoms with Crippen molar-refractivity contribution in [2.75, 3.05) is 13.2 Å². The Morgan fingerprint density at radius 2 is 1.94 bits per heavy atom. The van der Waals surface area contributed by atoms with Crippen LogP contribution in [0.25, 0.3) is 0 Å². The Balaban J connectivity index is 1.65. The molecule has 2 atom stereocenters. The zero-order valence-electron chi connectivity index (χ0n) is 20.9. The quantitative estimate of drug-likeness (QED) is 0.449. The molecule has 0 spiro atoms. The third-order valence-electron chi connectivity index (χ3n) is 6.18. The first-order valence-electron chi connectivity index (χ1n) is 11.7. The van der Waals surface area contributed by atoms with Gasteiger partial charge in [0.2, 0.25) is 0 Å². The molecule has 1 fully saturated rings. The first-order valence-corrected chi connectivity index (χ1v) is 12.5. The molecule has 0 aliphatic carbocycles. The van der Waals surface area contributed by atoms with Crippen molar-refractivity contribution >= 4 is 30.4 Å². The fraction of sp³-hybridized carbons (Fsp3) is 0.708. The molecule has 0 radical (unpaired) electrons. The second-order valence-corrected chi connectivity index (χ2v) is 12.4. The average molecular weight is 479 g/mol. The van der Waals surface area contributed by atoms with E-state index in [1.165, 1.54) is 0 Å². The van der Waals surface area contributed by atoms with Crippen LogP contribution in [0.15, 0.2) is 23.1 Å². The van der Waals surface area contributed by atoms with Gasteiger partial charge < -0.3 is 29.2 Å². The smallest absolute Gasteiger partial charge is 0.444 e. The van der Waals surface area contributed by atoms with E-state index in [0.29, 0.717) is 0 Å². The van der Waals surface area contributed by atoms with Crippen LogP contribution in [0.2, 0.25) is 0 Å². The minimum absolute atomic E-state index is 0.165. The molecule has 33 heavy (non-hydrogen) atoms. The van der Waals surface area contributed by atoms with E-state index in [0.717, 1.165) is 41.8 Å². The first kappa shape index (κ1) is 26.4. The van der Waals surface area contributed by atoms with Crippen LogP contribution in [0, 0.1) is 0 Å². The summed E-state index contributed by atoms with van der Waals surface area (Å²) in [5, 5.41) is 13.2. The van der Waals surface area contributed by atoms with Crippen LogP contribution in [0.4, 0.5) is 4.79 Å². The maximum absolute atomic E-state index is 12.0. The molecule has 0 bridgehead atoms. The largest absolute Gasteiger partial charge is 0.492 e. The number of amides is 1. The second-order valence-electron chi connectivity index (χ2n) is 10.7. The molecular weight excluding hydrogens is 441 g/mol. The van der Waals surface area contributed by atoms with Crippen LogP contribution in [-0.4, -0.2) is 53.6 Å². The van der Waals surface area contributed by atoms with Gasteiger partial charge in [-0.1, -0.05) is 6.07 Å². The zero-order chi connectivity index (χ0) is 24.4. The predicted molar refractivity (Wildman–Crippen MR) is 131 cm³/mol. The number of fused-ring (bicyclic) bond motifs is 1. The molecule has 3 rings (SSSR count). The lowest BCUT2D eigenvalue weighted by Gasteiger charge is -2.43. The van der Waals surface area contributed by atoms with Crippen molar-refractivity contribution in [2.24, 2.45) is 0 Å². The molecule has 2 heterocycles. The van der Waals surface area contributed by atoms with Crippen LogP contribution >= 0.6 is 11.8 Å². The number of thioether (sulfide) groups is 1. The summed E-state index contributed by atoms with van der Waals surface area (Å²) < 4.78 is 22.9. The highest BCUT2D eigenvalue weighted by Crippen LogP contribution is 2.43. The number of benzene rings is 1. The maximum Gasteiger partial charge on any atom is 0.492 e. The highest BCUT2D eigenvalue weighted by atomic mass is 32.2. The van der Waals surface area contributed by atoms with Gasteiger partial charge >= 0.3 is 13.2 Å². The van der Waals surface area contributed by atoms with Gasteiger partial charge in [-0.05, 0) is 90.9 Å². The van der Waals surface area contributed by atoms with E-state index >= 15 is 0 Å². The maximum atomic E-state index is 12.0. The Kier molecular flexibility index (Phi) is 8.11. The molecule has 1 saturated heterocycles. The summed E-state index contributed by atoms with van der Waals surface area (Å²) in [6.07, 6.45) is 2.03. The number of ether oxygens (including phenoxy) is 3. The summed E-state index contributed by atoms with van der Waals surface area (Å²) in [7, 11) is -1.03. The van der Waals surface area contributed by atoms with Crippen molar-refractivity contribution in [2.45, 2.75) is 101 Å². The molecule has 2 N–H and O–H groups in total. The number of hydrogen-bond acceptors (Lipinski definition) is 7. The summed E-state index contributed by atoms with van der Waals surface area (Å²) in [5.74, 6) is 0. The first-order chi connectivity index (χ1) is 15.3. The minimum atomic E-state index is -1.03. The number of carbonyl (C=O) groups excluding carboxylic acids is 1. The summed E-state index contributed by atoms with van der Waals surface area (Å²) in [6, 6.07) is 5.96. The molecule has 1 amide bonds. The summed E-state index contributed by atoms with van der Waals surface area (Å²) in [5.41, 5.74) is 0.582. The van der Waals surface area contributed by atoms with Gasteiger partial charge in [-0.25, -0.2) is 4.79 Å². The Morgan fingerprint density at radius 1 is 1.21 bits per heavy atom. The van der Waals surface area contributed by atoms with Crippen LogP contribution in [0.3, 0.4) is 0 Å². The van der Waals surface area contributed by atoms with E-state index in [2.05, 4.69) is 33.0 Å². The third-order valence-corrected chi connectivity index (χ3v) is 7.67. The van der Waals surface area contributed by atoms with Crippen molar-refractivity contribution in [3.8, 4) is 0 Å². The van der Waals surface area contributed by atoms with E-state index in [4.69, 9.17) is 18.9 Å². The lowest BCUT2D eigenvalue weighted by molar-refractivity contribution is -0.221. The molecule has 9 heteroatoms. The van der Waals surface area contributed by atoms with Crippen LogP contribution in [0.1, 0.15) is 79.4 Å². The number of nitrogens with one attached hydrogen (secondary N) is 1. The molecular formula is C24H38BNO6S. The van der Waals surface area contributed by atoms with Gasteiger partial charge in [-0.3, -0.25) is 0 Å². The summed E-state index contributed by atoms with van der Waals surface area (Å²) in [6.45, 7) is 14.9. The molecule has 2 aliphatic heterocycles. The Labute approximate surface area is 202 Å². The topological polar surface area (TPSA) is 86.3 Å². The molecule has 0 aromatic heterocycles. The van der Waals surface area contributed by atoms with Gasteiger partial charge in [-0.2, -0.15) is 0 Å². The Morgan fingerprint density at radius 3 is 2.58 bits per heavy atom. The average Bonchev–Trinajstić information content (AvgIpc) is 3.00. The Bertz CT molecular complexity index is 835. The van der Waals surface area contributed by atoms with Gasteiger partial charge in [0, 0.05) is 22.8 Å². The van der Waals surface area contributed by atoms with Gasteiger partial charge in [0.15, 0.2) is 6.29 Å². The van der Waals surface area contributed by atoms with E-state index in [-0.39, 0.29) is 17.6 Å². The third kappa shape index (κ3) is 6.88. The van der Waals surface area contributed by atoms with E-state index in [1.54, 1.807) is 11.8 Å². The standard InChI is InChI=1S/C24H38BNO6S/c1-22(2,3)31-21(27)26-15-19-17-12-11-16(14-18(17)25(28)32-19)33-24(6,7)23(4,5)30-20-10-8-9-13-29-20/h11-12,14,19-20,28H,8-10,13,15H2,1-7H3,(H,26,27). The van der Waals surface area contributed by atoms with Gasteiger partial charge in [0.05, 0.1) is 11.7 Å². The fourth-order valence-corrected chi connectivity index (χ4v) is 4.97. The van der Waals surface area contributed by atoms with Crippen LogP contribution in [0.5, 0.6) is 0 Å². The molecule has 184 valence electrons. The number of rotatable bonds is 7. The molecule has 0 saturated carbocycles. The predicted octanol–water partition coefficient (Wildman–Crippen LogP) is 4.16. The SMILES string of the molecule is CC(C)(C)OC(=O)NCC1OB(O)c2cc(SC(C)(C)C(C)(C)OC3CCCCO3)ccc21. The zero-order valence-corrected chi connectivity index (χ0v) is 21.7. The van der Waals surface area contributed by atoms with Crippen molar-refractivity contribution in [1.82, 2.24) is 5.32 Å². The molecule has 1 aromatic carbocycles. The van der Waals surface area contributed by atoms with E-state index < -0.39 is 30.5 Å². The minimum Gasteiger partial charge on any atom is -0.444 e. The summed E-state index contributed by atoms with van der Waals surface area (Å²) >= 11 is 1.70. The normalized spacial score (nSPS) is 21.6. The molecule has 2 unspecified atom stereocenters. The van der Waals surface area contributed by atoms with E-state index in [9.17, 15) is 9.82 Å². The summed E-state index contributed by atoms with van der Waals surface area (Å²) in [4.78, 5) is 13.0. The van der Waals surface area contributed by atoms with Crippen molar-refractivity contribution in [1.29, 1.82) is 0 Å². The number of alkyl carbamates (subject to hydrolysis) is 1. The molecule has 7 nitrogen and oxygen atoms in total. The monoisotopic (exact) mass is 479 g/mol. The number of hydrogen-bond donors (Lipinski definition) is 2. The van der Waals surface area contributed by atoms with Crippen molar-refractivity contribution in [3.05, 3.63) is 23.8 Å². The van der Waals surface area contributed by atoms with Gasteiger partial charge in [-0.15, -0.1) is 11.8 Å².